The lowest BCUT2D eigenvalue weighted by Crippen LogP contribution is -2.32. The standard InChI is InChI=1S/C15H21BrO/c1-2-4-12-5-3-10-15(17,11-12)13-6-8-14(16)9-7-13/h6-9,12,17H,2-5,10-11H2,1H3/t12?,15-/m0/s1. The highest BCUT2D eigenvalue weighted by Gasteiger charge is 2.35. The maximum atomic E-state index is 10.8. The van der Waals surface area contributed by atoms with E-state index in [1.54, 1.807) is 0 Å². The molecule has 0 saturated heterocycles. The number of rotatable bonds is 3. The fourth-order valence-corrected chi connectivity index (χ4v) is 3.31. The van der Waals surface area contributed by atoms with Gasteiger partial charge in [-0.2, -0.15) is 0 Å². The van der Waals surface area contributed by atoms with E-state index in [2.05, 4.69) is 35.0 Å². The first-order valence-electron chi connectivity index (χ1n) is 6.62. The van der Waals surface area contributed by atoms with Gasteiger partial charge in [0.25, 0.3) is 0 Å². The Bertz CT molecular complexity index is 358. The van der Waals surface area contributed by atoms with E-state index in [-0.39, 0.29) is 0 Å². The molecule has 0 radical (unpaired) electrons. The second-order valence-corrected chi connectivity index (χ2v) is 6.21. The molecule has 1 N–H and O–H groups in total. The van der Waals surface area contributed by atoms with Crippen molar-refractivity contribution in [1.29, 1.82) is 0 Å². The average Bonchev–Trinajstić information content (AvgIpc) is 2.30. The van der Waals surface area contributed by atoms with Gasteiger partial charge in [-0.3, -0.25) is 0 Å². The Labute approximate surface area is 112 Å². The van der Waals surface area contributed by atoms with Crippen LogP contribution in [0.15, 0.2) is 28.7 Å². The summed E-state index contributed by atoms with van der Waals surface area (Å²) in [7, 11) is 0. The Morgan fingerprint density at radius 1 is 1.35 bits per heavy atom. The van der Waals surface area contributed by atoms with E-state index in [0.29, 0.717) is 5.92 Å². The van der Waals surface area contributed by atoms with Crippen LogP contribution in [-0.4, -0.2) is 5.11 Å². The minimum Gasteiger partial charge on any atom is -0.385 e. The second-order valence-electron chi connectivity index (χ2n) is 5.29. The van der Waals surface area contributed by atoms with Crippen LogP contribution in [0.4, 0.5) is 0 Å². The first-order valence-corrected chi connectivity index (χ1v) is 7.42. The predicted octanol–water partition coefficient (Wildman–Crippen LogP) is 4.63. The van der Waals surface area contributed by atoms with Crippen LogP contribution >= 0.6 is 15.9 Å². The summed E-state index contributed by atoms with van der Waals surface area (Å²) in [5, 5.41) is 10.8. The highest BCUT2D eigenvalue weighted by molar-refractivity contribution is 9.10. The molecule has 0 aromatic heterocycles. The van der Waals surface area contributed by atoms with Crippen LogP contribution in [0.1, 0.15) is 51.0 Å². The molecule has 94 valence electrons. The van der Waals surface area contributed by atoms with Gasteiger partial charge in [0.15, 0.2) is 0 Å². The van der Waals surface area contributed by atoms with E-state index in [4.69, 9.17) is 0 Å². The molecular weight excluding hydrogens is 276 g/mol. The Morgan fingerprint density at radius 3 is 2.71 bits per heavy atom. The van der Waals surface area contributed by atoms with E-state index in [0.717, 1.165) is 29.3 Å². The van der Waals surface area contributed by atoms with Crippen LogP contribution in [0.2, 0.25) is 0 Å². The zero-order valence-corrected chi connectivity index (χ0v) is 12.0. The molecule has 1 fully saturated rings. The third-order valence-electron chi connectivity index (χ3n) is 3.91. The smallest absolute Gasteiger partial charge is 0.0899 e. The van der Waals surface area contributed by atoms with E-state index < -0.39 is 5.60 Å². The van der Waals surface area contributed by atoms with Gasteiger partial charge in [0.1, 0.15) is 0 Å². The normalized spacial score (nSPS) is 29.2. The molecule has 1 nitrogen and oxygen atoms in total. The maximum absolute atomic E-state index is 10.8. The summed E-state index contributed by atoms with van der Waals surface area (Å²) in [6.07, 6.45) is 6.75. The second kappa shape index (κ2) is 5.53. The van der Waals surface area contributed by atoms with Crippen molar-refractivity contribution in [3.63, 3.8) is 0 Å². The predicted molar refractivity (Wildman–Crippen MR) is 74.9 cm³/mol. The van der Waals surface area contributed by atoms with Crippen molar-refractivity contribution in [2.24, 2.45) is 5.92 Å². The van der Waals surface area contributed by atoms with Gasteiger partial charge in [0, 0.05) is 4.47 Å². The molecule has 1 aromatic carbocycles. The van der Waals surface area contributed by atoms with Crippen LogP contribution in [-0.2, 0) is 5.60 Å². The summed E-state index contributed by atoms with van der Waals surface area (Å²) >= 11 is 3.44. The molecule has 2 atom stereocenters. The third kappa shape index (κ3) is 3.11. The van der Waals surface area contributed by atoms with Crippen molar-refractivity contribution in [3.8, 4) is 0 Å². The molecule has 1 unspecified atom stereocenters. The lowest BCUT2D eigenvalue weighted by atomic mass is 9.73. The van der Waals surface area contributed by atoms with E-state index in [1.165, 1.54) is 19.3 Å². The molecule has 1 aliphatic rings. The molecular formula is C15H21BrO. The topological polar surface area (TPSA) is 20.2 Å². The van der Waals surface area contributed by atoms with E-state index >= 15 is 0 Å². The number of hydrogen-bond acceptors (Lipinski definition) is 1. The monoisotopic (exact) mass is 296 g/mol. The van der Waals surface area contributed by atoms with Gasteiger partial charge in [0.2, 0.25) is 0 Å². The van der Waals surface area contributed by atoms with Crippen LogP contribution in [0.25, 0.3) is 0 Å². The van der Waals surface area contributed by atoms with Crippen LogP contribution < -0.4 is 0 Å². The van der Waals surface area contributed by atoms with Gasteiger partial charge in [-0.15, -0.1) is 0 Å². The van der Waals surface area contributed by atoms with Crippen LogP contribution in [0.3, 0.4) is 0 Å². The van der Waals surface area contributed by atoms with E-state index in [9.17, 15) is 5.11 Å². The Morgan fingerprint density at radius 2 is 2.06 bits per heavy atom. The molecule has 1 aromatic rings. The summed E-state index contributed by atoms with van der Waals surface area (Å²) < 4.78 is 1.07. The molecule has 0 heterocycles. The molecule has 17 heavy (non-hydrogen) atoms. The SMILES string of the molecule is CCCC1CCC[C@@](O)(c2ccc(Br)cc2)C1. The maximum Gasteiger partial charge on any atom is 0.0899 e. The fourth-order valence-electron chi connectivity index (χ4n) is 3.04. The lowest BCUT2D eigenvalue weighted by Gasteiger charge is -2.37. The molecule has 0 spiro atoms. The molecule has 0 bridgehead atoms. The first kappa shape index (κ1) is 13.1. The Kier molecular flexibility index (Phi) is 4.26. The van der Waals surface area contributed by atoms with Gasteiger partial charge < -0.3 is 5.11 Å². The zero-order chi connectivity index (χ0) is 12.3. The Balaban J connectivity index is 2.14. The molecule has 1 aliphatic carbocycles. The highest BCUT2D eigenvalue weighted by atomic mass is 79.9. The minimum absolute atomic E-state index is 0.585. The fraction of sp³-hybridized carbons (Fsp3) is 0.600. The van der Waals surface area contributed by atoms with Gasteiger partial charge in [-0.25, -0.2) is 0 Å². The summed E-state index contributed by atoms with van der Waals surface area (Å²) in [6, 6.07) is 8.16. The van der Waals surface area contributed by atoms with Crippen molar-refractivity contribution >= 4 is 15.9 Å². The summed E-state index contributed by atoms with van der Waals surface area (Å²) in [5.74, 6) is 0.697. The zero-order valence-electron chi connectivity index (χ0n) is 10.5. The van der Waals surface area contributed by atoms with Crippen molar-refractivity contribution in [1.82, 2.24) is 0 Å². The highest BCUT2D eigenvalue weighted by Crippen LogP contribution is 2.41. The lowest BCUT2D eigenvalue weighted by molar-refractivity contribution is -0.0226. The molecule has 0 aliphatic heterocycles. The van der Waals surface area contributed by atoms with Gasteiger partial charge in [-0.05, 0) is 42.9 Å². The summed E-state index contributed by atoms with van der Waals surface area (Å²) in [5.41, 5.74) is 0.500. The number of hydrogen-bond donors (Lipinski definition) is 1. The number of benzene rings is 1. The minimum atomic E-state index is -0.585. The molecule has 2 heteroatoms. The number of halogens is 1. The van der Waals surface area contributed by atoms with Crippen LogP contribution in [0.5, 0.6) is 0 Å². The van der Waals surface area contributed by atoms with Gasteiger partial charge in [-0.1, -0.05) is 54.2 Å². The average molecular weight is 297 g/mol. The largest absolute Gasteiger partial charge is 0.385 e. The summed E-state index contributed by atoms with van der Waals surface area (Å²) in [6.45, 7) is 2.23. The quantitative estimate of drug-likeness (QED) is 0.862. The molecule has 0 amide bonds. The van der Waals surface area contributed by atoms with Gasteiger partial charge >= 0.3 is 0 Å². The molecule has 2 rings (SSSR count). The van der Waals surface area contributed by atoms with Crippen molar-refractivity contribution < 1.29 is 5.11 Å². The third-order valence-corrected chi connectivity index (χ3v) is 4.44. The molecule has 1 saturated carbocycles. The summed E-state index contributed by atoms with van der Waals surface area (Å²) in [4.78, 5) is 0. The van der Waals surface area contributed by atoms with Crippen molar-refractivity contribution in [2.75, 3.05) is 0 Å². The van der Waals surface area contributed by atoms with E-state index in [1.807, 2.05) is 12.1 Å². The first-order chi connectivity index (χ1) is 8.14. The van der Waals surface area contributed by atoms with Crippen molar-refractivity contribution in [3.05, 3.63) is 34.3 Å². The van der Waals surface area contributed by atoms with Crippen molar-refractivity contribution in [2.45, 2.75) is 51.0 Å². The Hall–Kier alpha value is -0.340. The van der Waals surface area contributed by atoms with Gasteiger partial charge in [0.05, 0.1) is 5.60 Å². The number of aliphatic hydroxyl groups is 1. The van der Waals surface area contributed by atoms with Crippen LogP contribution in [0, 0.1) is 5.92 Å².